The maximum absolute atomic E-state index is 12.3. The maximum atomic E-state index is 12.3. The molecule has 0 aromatic heterocycles. The Hall–Kier alpha value is 0.0700. The van der Waals surface area contributed by atoms with Crippen LogP contribution >= 0.6 is 24.2 Å². The fourth-order valence-electron chi connectivity index (χ4n) is 2.87. The standard InChI is InChI=1S/C13H24N2OS.ClH/c1-10(2)12-4-3-6-15(12)13(16)8-11-9-17-7-5-14-11;/h10-12,14H,3-9H2,1-2H3;1H. The Kier molecular flexibility index (Phi) is 6.82. The Labute approximate surface area is 121 Å². The highest BCUT2D eigenvalue weighted by molar-refractivity contribution is 7.99. The Balaban J connectivity index is 0.00000162. The molecule has 18 heavy (non-hydrogen) atoms. The average Bonchev–Trinajstić information content (AvgIpc) is 2.79. The zero-order valence-corrected chi connectivity index (χ0v) is 13.0. The molecule has 0 saturated carbocycles. The van der Waals surface area contributed by atoms with Crippen molar-refractivity contribution >= 4 is 30.1 Å². The van der Waals surface area contributed by atoms with Crippen LogP contribution in [0, 0.1) is 5.92 Å². The second-order valence-corrected chi connectivity index (χ2v) is 6.62. The molecular formula is C13H25ClN2OS. The van der Waals surface area contributed by atoms with Crippen molar-refractivity contribution in [3.63, 3.8) is 0 Å². The number of nitrogens with zero attached hydrogens (tertiary/aromatic N) is 1. The van der Waals surface area contributed by atoms with Gasteiger partial charge in [0.2, 0.25) is 5.91 Å². The first-order chi connectivity index (χ1) is 8.18. The minimum atomic E-state index is 0. The van der Waals surface area contributed by atoms with Crippen LogP contribution in [0.1, 0.15) is 33.1 Å². The van der Waals surface area contributed by atoms with Gasteiger partial charge in [-0.15, -0.1) is 12.4 Å². The largest absolute Gasteiger partial charge is 0.339 e. The lowest BCUT2D eigenvalue weighted by molar-refractivity contribution is -0.133. The molecule has 2 aliphatic rings. The van der Waals surface area contributed by atoms with Gasteiger partial charge in [0.25, 0.3) is 0 Å². The van der Waals surface area contributed by atoms with Crippen molar-refractivity contribution in [3.8, 4) is 0 Å². The molecule has 2 unspecified atom stereocenters. The number of carbonyl (C=O) groups is 1. The molecule has 2 fully saturated rings. The van der Waals surface area contributed by atoms with E-state index in [0.29, 0.717) is 30.3 Å². The lowest BCUT2D eigenvalue weighted by Crippen LogP contribution is -2.45. The summed E-state index contributed by atoms with van der Waals surface area (Å²) in [5.74, 6) is 3.23. The van der Waals surface area contributed by atoms with E-state index in [0.717, 1.165) is 18.8 Å². The number of amides is 1. The number of halogens is 1. The predicted octanol–water partition coefficient (Wildman–Crippen LogP) is 2.15. The first-order valence-corrected chi connectivity index (χ1v) is 7.94. The normalized spacial score (nSPS) is 28.3. The maximum Gasteiger partial charge on any atom is 0.224 e. The van der Waals surface area contributed by atoms with Gasteiger partial charge in [-0.3, -0.25) is 4.79 Å². The fourth-order valence-corrected chi connectivity index (χ4v) is 3.82. The van der Waals surface area contributed by atoms with Crippen LogP contribution in [0.25, 0.3) is 0 Å². The number of likely N-dealkylation sites (tertiary alicyclic amines) is 1. The van der Waals surface area contributed by atoms with Crippen LogP contribution in [0.15, 0.2) is 0 Å². The van der Waals surface area contributed by atoms with E-state index >= 15 is 0 Å². The van der Waals surface area contributed by atoms with E-state index in [1.807, 2.05) is 11.8 Å². The first-order valence-electron chi connectivity index (χ1n) is 6.79. The highest BCUT2D eigenvalue weighted by Gasteiger charge is 2.31. The molecule has 1 amide bonds. The van der Waals surface area contributed by atoms with Gasteiger partial charge in [0.1, 0.15) is 0 Å². The number of hydrogen-bond acceptors (Lipinski definition) is 3. The second-order valence-electron chi connectivity index (χ2n) is 5.47. The summed E-state index contributed by atoms with van der Waals surface area (Å²) in [6.07, 6.45) is 3.06. The van der Waals surface area contributed by atoms with Gasteiger partial charge in [-0.2, -0.15) is 11.8 Å². The molecule has 0 aromatic carbocycles. The number of nitrogens with one attached hydrogen (secondary N) is 1. The van der Waals surface area contributed by atoms with Gasteiger partial charge < -0.3 is 10.2 Å². The second kappa shape index (κ2) is 7.61. The molecule has 3 nitrogen and oxygen atoms in total. The van der Waals surface area contributed by atoms with Crippen molar-refractivity contribution in [2.45, 2.75) is 45.2 Å². The Bertz CT molecular complexity index is 270. The number of carbonyl (C=O) groups excluding carboxylic acids is 1. The van der Waals surface area contributed by atoms with Gasteiger partial charge in [0, 0.05) is 43.1 Å². The molecule has 2 atom stereocenters. The SMILES string of the molecule is CC(C)C1CCCN1C(=O)CC1CSCCN1.Cl. The van der Waals surface area contributed by atoms with E-state index in [4.69, 9.17) is 0 Å². The smallest absolute Gasteiger partial charge is 0.224 e. The monoisotopic (exact) mass is 292 g/mol. The lowest BCUT2D eigenvalue weighted by Gasteiger charge is -2.30. The molecule has 106 valence electrons. The summed E-state index contributed by atoms with van der Waals surface area (Å²) in [6.45, 7) is 6.48. The third-order valence-electron chi connectivity index (χ3n) is 3.81. The number of thioether (sulfide) groups is 1. The van der Waals surface area contributed by atoms with Crippen molar-refractivity contribution < 1.29 is 4.79 Å². The topological polar surface area (TPSA) is 32.3 Å². The van der Waals surface area contributed by atoms with Crippen LogP contribution in [0.3, 0.4) is 0 Å². The quantitative estimate of drug-likeness (QED) is 0.865. The molecule has 2 saturated heterocycles. The minimum Gasteiger partial charge on any atom is -0.339 e. The molecule has 0 bridgehead atoms. The van der Waals surface area contributed by atoms with Crippen molar-refractivity contribution in [3.05, 3.63) is 0 Å². The van der Waals surface area contributed by atoms with Crippen LogP contribution in [0.2, 0.25) is 0 Å². The van der Waals surface area contributed by atoms with E-state index in [1.54, 1.807) is 0 Å². The highest BCUT2D eigenvalue weighted by atomic mass is 35.5. The van der Waals surface area contributed by atoms with Crippen LogP contribution < -0.4 is 5.32 Å². The minimum absolute atomic E-state index is 0. The van der Waals surface area contributed by atoms with Crippen molar-refractivity contribution in [1.82, 2.24) is 10.2 Å². The molecule has 2 rings (SSSR count). The van der Waals surface area contributed by atoms with Gasteiger partial charge >= 0.3 is 0 Å². The summed E-state index contributed by atoms with van der Waals surface area (Å²) in [5, 5.41) is 3.45. The van der Waals surface area contributed by atoms with E-state index in [2.05, 4.69) is 24.1 Å². The zero-order chi connectivity index (χ0) is 12.3. The summed E-state index contributed by atoms with van der Waals surface area (Å²) < 4.78 is 0. The van der Waals surface area contributed by atoms with E-state index in [9.17, 15) is 4.79 Å². The van der Waals surface area contributed by atoms with Crippen molar-refractivity contribution in [1.29, 1.82) is 0 Å². The molecule has 0 aromatic rings. The van der Waals surface area contributed by atoms with Crippen LogP contribution in [0.4, 0.5) is 0 Å². The Morgan fingerprint density at radius 3 is 2.89 bits per heavy atom. The van der Waals surface area contributed by atoms with Crippen LogP contribution in [-0.4, -0.2) is 47.5 Å². The molecule has 0 spiro atoms. The predicted molar refractivity (Wildman–Crippen MR) is 80.6 cm³/mol. The van der Waals surface area contributed by atoms with Crippen molar-refractivity contribution in [2.24, 2.45) is 5.92 Å². The van der Waals surface area contributed by atoms with Gasteiger partial charge in [0.05, 0.1) is 0 Å². The highest BCUT2D eigenvalue weighted by Crippen LogP contribution is 2.25. The van der Waals surface area contributed by atoms with Crippen LogP contribution in [-0.2, 0) is 4.79 Å². The van der Waals surface area contributed by atoms with Gasteiger partial charge in [-0.25, -0.2) is 0 Å². The summed E-state index contributed by atoms with van der Waals surface area (Å²) in [6, 6.07) is 0.883. The van der Waals surface area contributed by atoms with Gasteiger partial charge in [-0.1, -0.05) is 13.8 Å². The van der Waals surface area contributed by atoms with E-state index < -0.39 is 0 Å². The fraction of sp³-hybridized carbons (Fsp3) is 0.923. The molecular weight excluding hydrogens is 268 g/mol. The molecule has 2 aliphatic heterocycles. The van der Waals surface area contributed by atoms with Gasteiger partial charge in [-0.05, 0) is 18.8 Å². The van der Waals surface area contributed by atoms with E-state index in [-0.39, 0.29) is 12.4 Å². The number of hydrogen-bond donors (Lipinski definition) is 1. The summed E-state index contributed by atoms with van der Waals surface area (Å²) in [4.78, 5) is 14.4. The first kappa shape index (κ1) is 16.1. The number of rotatable bonds is 3. The van der Waals surface area contributed by atoms with Crippen molar-refractivity contribution in [2.75, 3.05) is 24.6 Å². The Morgan fingerprint density at radius 2 is 2.28 bits per heavy atom. The Morgan fingerprint density at radius 1 is 1.50 bits per heavy atom. The average molecular weight is 293 g/mol. The molecule has 1 N–H and O–H groups in total. The zero-order valence-electron chi connectivity index (χ0n) is 11.4. The molecule has 0 radical (unpaired) electrons. The lowest BCUT2D eigenvalue weighted by atomic mass is 10.0. The summed E-state index contributed by atoms with van der Waals surface area (Å²) >= 11 is 1.96. The third kappa shape index (κ3) is 4.04. The molecule has 2 heterocycles. The van der Waals surface area contributed by atoms with E-state index in [1.165, 1.54) is 18.6 Å². The molecule has 5 heteroatoms. The summed E-state index contributed by atoms with van der Waals surface area (Å²) in [7, 11) is 0. The third-order valence-corrected chi connectivity index (χ3v) is 4.94. The summed E-state index contributed by atoms with van der Waals surface area (Å²) in [5.41, 5.74) is 0. The van der Waals surface area contributed by atoms with Crippen LogP contribution in [0.5, 0.6) is 0 Å². The molecule has 0 aliphatic carbocycles. The van der Waals surface area contributed by atoms with Gasteiger partial charge in [0.15, 0.2) is 0 Å².